The van der Waals surface area contributed by atoms with E-state index in [2.05, 4.69) is 15.5 Å². The van der Waals surface area contributed by atoms with Crippen LogP contribution in [0.3, 0.4) is 0 Å². The van der Waals surface area contributed by atoms with E-state index in [0.29, 0.717) is 22.1 Å². The first-order chi connectivity index (χ1) is 10.1. The van der Waals surface area contributed by atoms with Crippen molar-refractivity contribution in [2.75, 3.05) is 5.73 Å². The van der Waals surface area contributed by atoms with E-state index < -0.39 is 5.82 Å². The molecule has 0 spiro atoms. The zero-order valence-electron chi connectivity index (χ0n) is 11.1. The molecule has 3 rings (SSSR count). The van der Waals surface area contributed by atoms with Gasteiger partial charge in [-0.3, -0.25) is 0 Å². The van der Waals surface area contributed by atoms with Gasteiger partial charge in [0.15, 0.2) is 5.82 Å². The van der Waals surface area contributed by atoms with Gasteiger partial charge in [0, 0.05) is 5.56 Å². The Balaban J connectivity index is 2.14. The van der Waals surface area contributed by atoms with Crippen molar-refractivity contribution in [3.05, 3.63) is 52.8 Å². The molecule has 0 saturated heterocycles. The number of anilines is 1. The van der Waals surface area contributed by atoms with Crippen molar-refractivity contribution in [2.45, 2.75) is 6.92 Å². The Bertz CT molecular complexity index is 815. The third kappa shape index (κ3) is 2.45. The molecule has 0 unspecified atom stereocenters. The number of hydrogen-bond acceptors (Lipinski definition) is 4. The van der Waals surface area contributed by atoms with Crippen LogP contribution in [-0.2, 0) is 0 Å². The van der Waals surface area contributed by atoms with E-state index in [1.807, 2.05) is 6.92 Å². The number of benzene rings is 2. The van der Waals surface area contributed by atoms with Crippen LogP contribution >= 0.6 is 11.6 Å². The lowest BCUT2D eigenvalue weighted by Crippen LogP contribution is -2.03. The van der Waals surface area contributed by atoms with E-state index in [0.717, 1.165) is 5.56 Å². The molecule has 0 bridgehead atoms. The molecule has 1 heterocycles. The van der Waals surface area contributed by atoms with Gasteiger partial charge in [-0.05, 0) is 53.2 Å². The minimum atomic E-state index is -0.398. The smallest absolute Gasteiger partial charge is 0.187 e. The van der Waals surface area contributed by atoms with Crippen molar-refractivity contribution in [3.8, 4) is 17.1 Å². The Morgan fingerprint density at radius 1 is 1.19 bits per heavy atom. The van der Waals surface area contributed by atoms with Gasteiger partial charge in [-0.25, -0.2) is 4.39 Å². The van der Waals surface area contributed by atoms with Crippen molar-refractivity contribution in [1.82, 2.24) is 20.2 Å². The molecule has 21 heavy (non-hydrogen) atoms. The summed E-state index contributed by atoms with van der Waals surface area (Å²) >= 11 is 5.90. The lowest BCUT2D eigenvalue weighted by atomic mass is 10.1. The van der Waals surface area contributed by atoms with Crippen molar-refractivity contribution >= 4 is 17.3 Å². The summed E-state index contributed by atoms with van der Waals surface area (Å²) in [4.78, 5) is 0. The molecular weight excluding hydrogens is 293 g/mol. The van der Waals surface area contributed by atoms with Crippen LogP contribution < -0.4 is 5.73 Å². The third-order valence-corrected chi connectivity index (χ3v) is 3.40. The van der Waals surface area contributed by atoms with Gasteiger partial charge in [-0.1, -0.05) is 17.7 Å². The fourth-order valence-corrected chi connectivity index (χ4v) is 2.11. The van der Waals surface area contributed by atoms with Crippen LogP contribution in [0.2, 0.25) is 5.02 Å². The van der Waals surface area contributed by atoms with Crippen LogP contribution in [0.15, 0.2) is 36.4 Å². The van der Waals surface area contributed by atoms with Crippen molar-refractivity contribution in [2.24, 2.45) is 0 Å². The summed E-state index contributed by atoms with van der Waals surface area (Å²) in [7, 11) is 0. The summed E-state index contributed by atoms with van der Waals surface area (Å²) < 4.78 is 15.4. The number of halogens is 2. The standard InChI is InChI=1S/C14H11ClFN5/c1-8-2-5-13(11(16)6-8)21-14(18-19-20-21)9-3-4-10(15)12(17)7-9/h2-7H,17H2,1H3. The van der Waals surface area contributed by atoms with Gasteiger partial charge in [-0.15, -0.1) is 5.10 Å². The minimum absolute atomic E-state index is 0.272. The molecule has 0 fully saturated rings. The van der Waals surface area contributed by atoms with E-state index >= 15 is 0 Å². The molecule has 0 aliphatic heterocycles. The highest BCUT2D eigenvalue weighted by Gasteiger charge is 2.15. The summed E-state index contributed by atoms with van der Waals surface area (Å²) in [5, 5.41) is 11.8. The van der Waals surface area contributed by atoms with E-state index in [-0.39, 0.29) is 5.69 Å². The summed E-state index contributed by atoms with van der Waals surface area (Å²) in [6.45, 7) is 1.81. The van der Waals surface area contributed by atoms with E-state index in [1.165, 1.54) is 10.7 Å². The highest BCUT2D eigenvalue weighted by atomic mass is 35.5. The van der Waals surface area contributed by atoms with Crippen LogP contribution in [0.4, 0.5) is 10.1 Å². The first kappa shape index (κ1) is 13.5. The zero-order valence-corrected chi connectivity index (χ0v) is 11.8. The number of nitrogens with zero attached hydrogens (tertiary/aromatic N) is 4. The molecule has 0 amide bonds. The predicted molar refractivity (Wildman–Crippen MR) is 78.7 cm³/mol. The molecule has 2 aromatic carbocycles. The largest absolute Gasteiger partial charge is 0.398 e. The molecule has 7 heteroatoms. The van der Waals surface area contributed by atoms with Crippen molar-refractivity contribution in [1.29, 1.82) is 0 Å². The number of nitrogens with two attached hydrogens (primary N) is 1. The lowest BCUT2D eigenvalue weighted by Gasteiger charge is -2.07. The Kier molecular flexibility index (Phi) is 3.31. The highest BCUT2D eigenvalue weighted by Crippen LogP contribution is 2.27. The molecule has 2 N–H and O–H groups in total. The Hall–Kier alpha value is -2.47. The maximum absolute atomic E-state index is 14.1. The van der Waals surface area contributed by atoms with Crippen LogP contribution in [-0.4, -0.2) is 20.2 Å². The Morgan fingerprint density at radius 2 is 2.00 bits per heavy atom. The predicted octanol–water partition coefficient (Wildman–Crippen LogP) is 3.01. The van der Waals surface area contributed by atoms with Crippen LogP contribution in [0.1, 0.15) is 5.56 Å². The highest BCUT2D eigenvalue weighted by molar-refractivity contribution is 6.33. The summed E-state index contributed by atoms with van der Waals surface area (Å²) in [6, 6.07) is 9.88. The fraction of sp³-hybridized carbons (Fsp3) is 0.0714. The van der Waals surface area contributed by atoms with Crippen molar-refractivity contribution < 1.29 is 4.39 Å². The number of tetrazole rings is 1. The number of aromatic nitrogens is 4. The van der Waals surface area contributed by atoms with Gasteiger partial charge < -0.3 is 5.73 Å². The monoisotopic (exact) mass is 303 g/mol. The zero-order chi connectivity index (χ0) is 15.0. The molecule has 0 aliphatic rings. The molecule has 0 aliphatic carbocycles. The number of aryl methyl sites for hydroxylation is 1. The average Bonchev–Trinajstić information content (AvgIpc) is 2.91. The van der Waals surface area contributed by atoms with Crippen LogP contribution in [0, 0.1) is 12.7 Å². The second kappa shape index (κ2) is 5.14. The first-order valence-corrected chi connectivity index (χ1v) is 6.54. The van der Waals surface area contributed by atoms with E-state index in [1.54, 1.807) is 30.3 Å². The molecule has 0 atom stereocenters. The van der Waals surface area contributed by atoms with Gasteiger partial charge >= 0.3 is 0 Å². The SMILES string of the molecule is Cc1ccc(-n2nnnc2-c2ccc(Cl)c(N)c2)c(F)c1. The van der Waals surface area contributed by atoms with Gasteiger partial charge in [0.2, 0.25) is 0 Å². The van der Waals surface area contributed by atoms with Crippen LogP contribution in [0.5, 0.6) is 0 Å². The number of nitrogen functional groups attached to an aromatic ring is 1. The second-order valence-corrected chi connectivity index (χ2v) is 5.01. The average molecular weight is 304 g/mol. The van der Waals surface area contributed by atoms with Crippen molar-refractivity contribution in [3.63, 3.8) is 0 Å². The molecule has 3 aromatic rings. The molecule has 106 valence electrons. The molecule has 1 aromatic heterocycles. The van der Waals surface area contributed by atoms with E-state index in [4.69, 9.17) is 17.3 Å². The normalized spacial score (nSPS) is 10.8. The third-order valence-electron chi connectivity index (χ3n) is 3.06. The topological polar surface area (TPSA) is 69.6 Å². The van der Waals surface area contributed by atoms with Crippen LogP contribution in [0.25, 0.3) is 17.1 Å². The number of hydrogen-bond donors (Lipinski definition) is 1. The van der Waals surface area contributed by atoms with Gasteiger partial charge in [0.05, 0.1) is 10.7 Å². The summed E-state index contributed by atoms with van der Waals surface area (Å²) in [6.07, 6.45) is 0. The molecule has 0 saturated carbocycles. The number of rotatable bonds is 2. The summed E-state index contributed by atoms with van der Waals surface area (Å²) in [5.74, 6) is -0.00777. The molecule has 5 nitrogen and oxygen atoms in total. The maximum atomic E-state index is 14.1. The minimum Gasteiger partial charge on any atom is -0.398 e. The Labute approximate surface area is 125 Å². The fourth-order valence-electron chi connectivity index (χ4n) is 2.00. The van der Waals surface area contributed by atoms with Gasteiger partial charge in [-0.2, -0.15) is 4.68 Å². The second-order valence-electron chi connectivity index (χ2n) is 4.61. The maximum Gasteiger partial charge on any atom is 0.187 e. The van der Waals surface area contributed by atoms with Gasteiger partial charge in [0.1, 0.15) is 11.5 Å². The quantitative estimate of drug-likeness (QED) is 0.739. The summed E-state index contributed by atoms with van der Waals surface area (Å²) in [5.41, 5.74) is 7.94. The lowest BCUT2D eigenvalue weighted by molar-refractivity contribution is 0.606. The Morgan fingerprint density at radius 3 is 2.71 bits per heavy atom. The van der Waals surface area contributed by atoms with E-state index in [9.17, 15) is 4.39 Å². The molecular formula is C14H11ClFN5. The first-order valence-electron chi connectivity index (χ1n) is 6.16. The van der Waals surface area contributed by atoms with Gasteiger partial charge in [0.25, 0.3) is 0 Å². The molecule has 0 radical (unpaired) electrons.